The van der Waals surface area contributed by atoms with Crippen molar-refractivity contribution in [1.82, 2.24) is 15.2 Å². The van der Waals surface area contributed by atoms with Gasteiger partial charge in [0.2, 0.25) is 0 Å². The number of thiazole rings is 1. The van der Waals surface area contributed by atoms with Gasteiger partial charge in [-0.25, -0.2) is 4.98 Å². The summed E-state index contributed by atoms with van der Waals surface area (Å²) in [7, 11) is 7.13. The predicted molar refractivity (Wildman–Crippen MR) is 108 cm³/mol. The van der Waals surface area contributed by atoms with Gasteiger partial charge in [-0.3, -0.25) is 4.99 Å². The van der Waals surface area contributed by atoms with Crippen LogP contribution in [-0.4, -0.2) is 50.7 Å². The molecule has 2 aromatic rings. The first kappa shape index (κ1) is 20.0. The fraction of sp³-hybridized carbons (Fsp3) is 0.474. The van der Waals surface area contributed by atoms with E-state index < -0.39 is 0 Å². The zero-order valence-electron chi connectivity index (χ0n) is 16.4. The Kier molecular flexibility index (Phi) is 7.26. The van der Waals surface area contributed by atoms with Gasteiger partial charge in [0.15, 0.2) is 17.5 Å². The number of benzene rings is 1. The van der Waals surface area contributed by atoms with Crippen molar-refractivity contribution in [2.24, 2.45) is 4.99 Å². The minimum Gasteiger partial charge on any atom is -0.493 e. The number of hydrogen-bond acceptors (Lipinski definition) is 5. The van der Waals surface area contributed by atoms with E-state index in [1.54, 1.807) is 32.6 Å². The Hall–Kier alpha value is -2.28. The molecular weight excluding hydrogens is 348 g/mol. The van der Waals surface area contributed by atoms with Crippen LogP contribution in [0.25, 0.3) is 0 Å². The normalized spacial score (nSPS) is 11.4. The van der Waals surface area contributed by atoms with E-state index >= 15 is 0 Å². The Labute approximate surface area is 159 Å². The number of aliphatic imine (C=N–C) groups is 1. The van der Waals surface area contributed by atoms with Crippen molar-refractivity contribution in [2.45, 2.75) is 26.8 Å². The second kappa shape index (κ2) is 9.43. The van der Waals surface area contributed by atoms with Crippen molar-refractivity contribution in [3.8, 4) is 11.5 Å². The number of aromatic nitrogens is 1. The maximum atomic E-state index is 5.37. The van der Waals surface area contributed by atoms with E-state index in [-0.39, 0.29) is 0 Å². The third-order valence-corrected chi connectivity index (χ3v) is 5.30. The van der Waals surface area contributed by atoms with Gasteiger partial charge >= 0.3 is 0 Å². The van der Waals surface area contributed by atoms with E-state index in [1.807, 2.05) is 26.1 Å². The zero-order valence-corrected chi connectivity index (χ0v) is 17.2. The summed E-state index contributed by atoms with van der Waals surface area (Å²) in [4.78, 5) is 12.3. The van der Waals surface area contributed by atoms with Gasteiger partial charge in [-0.1, -0.05) is 6.07 Å². The average molecular weight is 377 g/mol. The number of nitrogens with one attached hydrogen (secondary N) is 1. The molecule has 142 valence electrons. The Morgan fingerprint density at radius 2 is 1.96 bits per heavy atom. The molecule has 0 aliphatic heterocycles. The van der Waals surface area contributed by atoms with Crippen molar-refractivity contribution in [1.29, 1.82) is 0 Å². The van der Waals surface area contributed by atoms with Crippen LogP contribution < -0.4 is 14.8 Å². The summed E-state index contributed by atoms with van der Waals surface area (Å²) in [5.74, 6) is 2.36. The first-order chi connectivity index (χ1) is 12.5. The molecule has 1 aromatic carbocycles. The van der Waals surface area contributed by atoms with E-state index in [2.05, 4.69) is 33.2 Å². The molecule has 0 aliphatic rings. The van der Waals surface area contributed by atoms with Crippen molar-refractivity contribution in [3.05, 3.63) is 39.3 Å². The van der Waals surface area contributed by atoms with Crippen LogP contribution >= 0.6 is 11.3 Å². The molecule has 0 fully saturated rings. The minimum absolute atomic E-state index is 0.687. The predicted octanol–water partition coefficient (Wildman–Crippen LogP) is 3.03. The van der Waals surface area contributed by atoms with Crippen LogP contribution in [0.15, 0.2) is 23.2 Å². The molecule has 1 heterocycles. The summed E-state index contributed by atoms with van der Waals surface area (Å²) in [6, 6.07) is 6.02. The van der Waals surface area contributed by atoms with E-state index in [1.165, 1.54) is 10.4 Å². The first-order valence-electron chi connectivity index (χ1n) is 8.54. The summed E-state index contributed by atoms with van der Waals surface area (Å²) >= 11 is 1.72. The smallest absolute Gasteiger partial charge is 0.193 e. The fourth-order valence-corrected chi connectivity index (χ4v) is 3.47. The lowest BCUT2D eigenvalue weighted by Crippen LogP contribution is -2.39. The van der Waals surface area contributed by atoms with Crippen LogP contribution in [0.1, 0.15) is 21.1 Å². The number of nitrogens with zero attached hydrogens (tertiary/aromatic N) is 3. The highest BCUT2D eigenvalue weighted by molar-refractivity contribution is 7.11. The van der Waals surface area contributed by atoms with Crippen LogP contribution in [0, 0.1) is 13.8 Å². The maximum Gasteiger partial charge on any atom is 0.193 e. The van der Waals surface area contributed by atoms with Gasteiger partial charge in [0.05, 0.1) is 26.5 Å². The Bertz CT molecular complexity index is 738. The fourth-order valence-electron chi connectivity index (χ4n) is 2.59. The third-order valence-electron chi connectivity index (χ3n) is 4.23. The number of methoxy groups -OCH3 is 2. The summed E-state index contributed by atoms with van der Waals surface area (Å²) in [6.07, 6.45) is 0.882. The highest BCUT2D eigenvalue weighted by Gasteiger charge is 2.10. The Morgan fingerprint density at radius 3 is 2.54 bits per heavy atom. The number of ether oxygens (including phenoxy) is 2. The van der Waals surface area contributed by atoms with Gasteiger partial charge < -0.3 is 19.7 Å². The maximum absolute atomic E-state index is 5.37. The van der Waals surface area contributed by atoms with Gasteiger partial charge in [0.25, 0.3) is 0 Å². The SMILES string of the molecule is CN=C(NCc1nc(C)c(C)s1)N(C)CCc1ccc(OC)c(OC)c1. The monoisotopic (exact) mass is 376 g/mol. The molecule has 0 aliphatic carbocycles. The molecule has 0 unspecified atom stereocenters. The molecule has 26 heavy (non-hydrogen) atoms. The van der Waals surface area contributed by atoms with Crippen molar-refractivity contribution in [3.63, 3.8) is 0 Å². The summed E-state index contributed by atoms with van der Waals surface area (Å²) in [5.41, 5.74) is 2.29. The van der Waals surface area contributed by atoms with Crippen molar-refractivity contribution in [2.75, 3.05) is 34.9 Å². The highest BCUT2D eigenvalue weighted by atomic mass is 32.1. The van der Waals surface area contributed by atoms with E-state index in [9.17, 15) is 0 Å². The molecule has 0 radical (unpaired) electrons. The van der Waals surface area contributed by atoms with Crippen molar-refractivity contribution < 1.29 is 9.47 Å². The number of rotatable bonds is 7. The number of likely N-dealkylation sites (N-methyl/N-ethyl adjacent to an activating group) is 1. The van der Waals surface area contributed by atoms with Crippen LogP contribution in [0.5, 0.6) is 11.5 Å². The van der Waals surface area contributed by atoms with Gasteiger partial charge in [-0.15, -0.1) is 11.3 Å². The van der Waals surface area contributed by atoms with Crippen LogP contribution in [0.3, 0.4) is 0 Å². The molecule has 1 aromatic heterocycles. The molecule has 7 heteroatoms. The lowest BCUT2D eigenvalue weighted by Gasteiger charge is -2.22. The zero-order chi connectivity index (χ0) is 19.1. The standard InChI is InChI=1S/C19H28N4O2S/c1-13-14(2)26-18(22-13)12-21-19(20-3)23(4)10-9-15-7-8-16(24-5)17(11-15)25-6/h7-8,11H,9-10,12H2,1-6H3,(H,20,21). The molecular formula is C19H28N4O2S. The van der Waals surface area contributed by atoms with E-state index in [0.717, 1.165) is 41.1 Å². The van der Waals surface area contributed by atoms with Crippen molar-refractivity contribution >= 4 is 17.3 Å². The topological polar surface area (TPSA) is 59.0 Å². The first-order valence-corrected chi connectivity index (χ1v) is 9.35. The number of guanidine groups is 1. The Morgan fingerprint density at radius 1 is 1.23 bits per heavy atom. The Balaban J connectivity index is 1.91. The molecule has 2 rings (SSSR count). The lowest BCUT2D eigenvalue weighted by atomic mass is 10.1. The van der Waals surface area contributed by atoms with Crippen LogP contribution in [0.2, 0.25) is 0 Å². The molecule has 1 N–H and O–H groups in total. The largest absolute Gasteiger partial charge is 0.493 e. The van der Waals surface area contributed by atoms with Crippen LogP contribution in [-0.2, 0) is 13.0 Å². The number of hydrogen-bond donors (Lipinski definition) is 1. The summed E-state index contributed by atoms with van der Waals surface area (Å²) in [6.45, 7) is 5.66. The summed E-state index contributed by atoms with van der Waals surface area (Å²) in [5, 5.41) is 4.46. The molecule has 0 amide bonds. The highest BCUT2D eigenvalue weighted by Crippen LogP contribution is 2.27. The molecule has 0 bridgehead atoms. The molecule has 6 nitrogen and oxygen atoms in total. The second-order valence-electron chi connectivity index (χ2n) is 6.01. The third kappa shape index (κ3) is 5.11. The lowest BCUT2D eigenvalue weighted by molar-refractivity contribution is 0.354. The summed E-state index contributed by atoms with van der Waals surface area (Å²) < 4.78 is 10.7. The quantitative estimate of drug-likeness (QED) is 0.595. The minimum atomic E-state index is 0.687. The van der Waals surface area contributed by atoms with Gasteiger partial charge in [-0.05, 0) is 38.0 Å². The van der Waals surface area contributed by atoms with E-state index in [0.29, 0.717) is 6.54 Å². The van der Waals surface area contributed by atoms with Gasteiger partial charge in [0, 0.05) is 25.5 Å². The van der Waals surface area contributed by atoms with Gasteiger partial charge in [0.1, 0.15) is 5.01 Å². The average Bonchev–Trinajstić information content (AvgIpc) is 2.97. The number of aryl methyl sites for hydroxylation is 2. The van der Waals surface area contributed by atoms with Gasteiger partial charge in [-0.2, -0.15) is 0 Å². The molecule has 0 saturated carbocycles. The molecule has 0 spiro atoms. The molecule has 0 atom stereocenters. The van der Waals surface area contributed by atoms with E-state index in [4.69, 9.17) is 9.47 Å². The second-order valence-corrected chi connectivity index (χ2v) is 7.30. The molecule has 0 saturated heterocycles. The van der Waals surface area contributed by atoms with Crippen LogP contribution in [0.4, 0.5) is 0 Å².